The largest absolute Gasteiger partial charge is 0.528 e. The van der Waals surface area contributed by atoms with Gasteiger partial charge in [-0.15, -0.1) is 5.06 Å². The second-order valence-electron chi connectivity index (χ2n) is 7.88. The number of piperidine rings is 1. The number of carbonyl (C=O) groups is 1. The normalized spacial score (nSPS) is 14.4. The first-order valence-corrected chi connectivity index (χ1v) is 11.1. The number of carbonyl (C=O) groups excluding carboxylic acids is 1. The summed E-state index contributed by atoms with van der Waals surface area (Å²) < 4.78 is 30.9. The smallest absolute Gasteiger partial charge is 0.493 e. The van der Waals surface area contributed by atoms with Crippen LogP contribution in [0.3, 0.4) is 0 Å². The summed E-state index contributed by atoms with van der Waals surface area (Å²) in [6, 6.07) is 6.46. The van der Waals surface area contributed by atoms with Gasteiger partial charge in [-0.1, -0.05) is 6.92 Å². The number of nitrogens with one attached hydrogen (secondary N) is 1. The molecular formula is C23H28FN5O5. The van der Waals surface area contributed by atoms with Crippen molar-refractivity contribution in [3.63, 3.8) is 0 Å². The fraction of sp³-hybridized carbons (Fsp3) is 0.478. The van der Waals surface area contributed by atoms with E-state index in [0.717, 1.165) is 6.42 Å². The van der Waals surface area contributed by atoms with E-state index in [2.05, 4.69) is 15.3 Å². The van der Waals surface area contributed by atoms with Crippen molar-refractivity contribution in [2.24, 2.45) is 0 Å². The molecule has 0 spiro atoms. The molecule has 0 radical (unpaired) electrons. The Morgan fingerprint density at radius 3 is 2.74 bits per heavy atom. The second kappa shape index (κ2) is 12.0. The Hall–Kier alpha value is -3.65. The van der Waals surface area contributed by atoms with Gasteiger partial charge in [-0.25, -0.2) is 19.2 Å². The van der Waals surface area contributed by atoms with Crippen LogP contribution < -0.4 is 14.8 Å². The Bertz CT molecular complexity index is 1020. The number of aromatic nitrogens is 2. The van der Waals surface area contributed by atoms with Gasteiger partial charge in [0.2, 0.25) is 5.88 Å². The first kappa shape index (κ1) is 25.0. The highest BCUT2D eigenvalue weighted by Crippen LogP contribution is 2.29. The van der Waals surface area contributed by atoms with Crippen molar-refractivity contribution in [2.75, 3.05) is 25.0 Å². The first-order chi connectivity index (χ1) is 16.4. The third-order valence-electron chi connectivity index (χ3n) is 4.81. The van der Waals surface area contributed by atoms with Gasteiger partial charge in [0, 0.05) is 32.0 Å². The van der Waals surface area contributed by atoms with Crippen LogP contribution in [-0.4, -0.2) is 53.1 Å². The van der Waals surface area contributed by atoms with Crippen LogP contribution in [0.2, 0.25) is 0 Å². The fourth-order valence-electron chi connectivity index (χ4n) is 3.21. The number of anilines is 2. The van der Waals surface area contributed by atoms with Gasteiger partial charge in [0.1, 0.15) is 30.1 Å². The predicted octanol–water partition coefficient (Wildman–Crippen LogP) is 4.34. The van der Waals surface area contributed by atoms with E-state index >= 15 is 0 Å². The summed E-state index contributed by atoms with van der Waals surface area (Å²) in [6.07, 6.45) is 1.88. The van der Waals surface area contributed by atoms with Crippen LogP contribution >= 0.6 is 0 Å². The topological polar surface area (TPSA) is 119 Å². The van der Waals surface area contributed by atoms with Crippen LogP contribution in [0.4, 0.5) is 20.7 Å². The summed E-state index contributed by atoms with van der Waals surface area (Å²) in [6.45, 7) is 6.81. The van der Waals surface area contributed by atoms with E-state index in [0.29, 0.717) is 38.3 Å². The summed E-state index contributed by atoms with van der Waals surface area (Å²) in [5.41, 5.74) is 0.205. The molecule has 1 saturated heterocycles. The lowest BCUT2D eigenvalue weighted by molar-refractivity contribution is -0.151. The van der Waals surface area contributed by atoms with E-state index in [1.54, 1.807) is 19.9 Å². The molecule has 0 amide bonds. The quantitative estimate of drug-likeness (QED) is 0.527. The summed E-state index contributed by atoms with van der Waals surface area (Å²) in [4.78, 5) is 25.0. The molecule has 0 unspecified atom stereocenters. The minimum absolute atomic E-state index is 0.0624. The molecule has 1 aromatic carbocycles. The van der Waals surface area contributed by atoms with Crippen molar-refractivity contribution in [1.29, 1.82) is 5.26 Å². The van der Waals surface area contributed by atoms with Gasteiger partial charge in [-0.2, -0.15) is 5.26 Å². The van der Waals surface area contributed by atoms with Gasteiger partial charge < -0.3 is 24.4 Å². The average Bonchev–Trinajstić information content (AvgIpc) is 2.80. The Morgan fingerprint density at radius 1 is 1.32 bits per heavy atom. The fourth-order valence-corrected chi connectivity index (χ4v) is 3.21. The third kappa shape index (κ3) is 6.92. The predicted molar refractivity (Wildman–Crippen MR) is 120 cm³/mol. The Morgan fingerprint density at radius 2 is 2.09 bits per heavy atom. The minimum Gasteiger partial charge on any atom is -0.493 e. The molecule has 1 aromatic heterocycles. The van der Waals surface area contributed by atoms with E-state index in [1.165, 1.54) is 23.5 Å². The Balaban J connectivity index is 1.62. The summed E-state index contributed by atoms with van der Waals surface area (Å²) >= 11 is 0. The molecule has 0 atom stereocenters. The van der Waals surface area contributed by atoms with Crippen molar-refractivity contribution in [3.8, 4) is 17.7 Å². The van der Waals surface area contributed by atoms with Crippen LogP contribution in [0.1, 0.15) is 45.6 Å². The zero-order valence-corrected chi connectivity index (χ0v) is 19.4. The first-order valence-electron chi connectivity index (χ1n) is 11.1. The SMILES string of the molecule is CCCOc1ccc(Nc2ncnc(OC3CCN(OC(=O)OC(C)C)CC3)c2C#N)c(F)c1. The highest BCUT2D eigenvalue weighted by Gasteiger charge is 2.26. The number of halogens is 1. The van der Waals surface area contributed by atoms with E-state index in [9.17, 15) is 14.4 Å². The second-order valence-corrected chi connectivity index (χ2v) is 7.88. The van der Waals surface area contributed by atoms with E-state index in [4.69, 9.17) is 19.0 Å². The number of nitriles is 1. The van der Waals surface area contributed by atoms with E-state index < -0.39 is 12.0 Å². The lowest BCUT2D eigenvalue weighted by atomic mass is 10.1. The maximum Gasteiger partial charge on any atom is 0.528 e. The van der Waals surface area contributed by atoms with Crippen molar-refractivity contribution in [2.45, 2.75) is 52.2 Å². The monoisotopic (exact) mass is 473 g/mol. The molecule has 0 saturated carbocycles. The standard InChI is InChI=1S/C23H28FN5O5/c1-4-11-31-17-5-6-20(19(24)12-17)28-21-18(13-25)22(27-14-26-21)33-16-7-9-29(10-8-16)34-23(30)32-15(2)3/h5-6,12,14-16H,4,7-11H2,1-3H3,(H,26,27,28). The van der Waals surface area contributed by atoms with Gasteiger partial charge in [0.05, 0.1) is 18.4 Å². The van der Waals surface area contributed by atoms with Crippen molar-refractivity contribution >= 4 is 17.7 Å². The molecule has 182 valence electrons. The Kier molecular flexibility index (Phi) is 8.81. The lowest BCUT2D eigenvalue weighted by Gasteiger charge is -2.30. The maximum absolute atomic E-state index is 14.5. The molecule has 10 nitrogen and oxygen atoms in total. The molecule has 3 rings (SSSR count). The van der Waals surface area contributed by atoms with Crippen molar-refractivity contribution in [1.82, 2.24) is 15.0 Å². The molecule has 1 aliphatic heterocycles. The third-order valence-corrected chi connectivity index (χ3v) is 4.81. The van der Waals surface area contributed by atoms with Crippen molar-refractivity contribution < 1.29 is 28.2 Å². The number of benzene rings is 1. The molecule has 0 aliphatic carbocycles. The van der Waals surface area contributed by atoms with Crippen LogP contribution in [-0.2, 0) is 9.57 Å². The zero-order valence-electron chi connectivity index (χ0n) is 19.4. The number of hydrogen-bond donors (Lipinski definition) is 1. The maximum atomic E-state index is 14.5. The minimum atomic E-state index is -0.746. The highest BCUT2D eigenvalue weighted by atomic mass is 19.1. The van der Waals surface area contributed by atoms with Crippen LogP contribution in [0.5, 0.6) is 11.6 Å². The molecular weight excluding hydrogens is 445 g/mol. The van der Waals surface area contributed by atoms with Gasteiger partial charge in [-0.05, 0) is 32.4 Å². The zero-order chi connectivity index (χ0) is 24.5. The lowest BCUT2D eigenvalue weighted by Crippen LogP contribution is -2.40. The van der Waals surface area contributed by atoms with Gasteiger partial charge in [0.15, 0.2) is 11.4 Å². The van der Waals surface area contributed by atoms with Crippen molar-refractivity contribution in [3.05, 3.63) is 35.9 Å². The van der Waals surface area contributed by atoms with Gasteiger partial charge >= 0.3 is 6.16 Å². The number of rotatable bonds is 9. The summed E-state index contributed by atoms with van der Waals surface area (Å²) in [5.74, 6) is 0.111. The number of hydroxylamine groups is 2. The molecule has 2 heterocycles. The molecule has 2 aromatic rings. The molecule has 34 heavy (non-hydrogen) atoms. The number of hydrogen-bond acceptors (Lipinski definition) is 10. The number of ether oxygens (including phenoxy) is 3. The molecule has 1 aliphatic rings. The summed E-state index contributed by atoms with van der Waals surface area (Å²) in [7, 11) is 0. The Labute approximate surface area is 197 Å². The van der Waals surface area contributed by atoms with Crippen LogP contribution in [0.15, 0.2) is 24.5 Å². The molecule has 1 fully saturated rings. The van der Waals surface area contributed by atoms with E-state index in [-0.39, 0.29) is 35.2 Å². The van der Waals surface area contributed by atoms with Crippen LogP contribution in [0, 0.1) is 17.1 Å². The van der Waals surface area contributed by atoms with Gasteiger partial charge in [0.25, 0.3) is 0 Å². The molecule has 1 N–H and O–H groups in total. The average molecular weight is 474 g/mol. The highest BCUT2D eigenvalue weighted by molar-refractivity contribution is 5.65. The van der Waals surface area contributed by atoms with Crippen LogP contribution in [0.25, 0.3) is 0 Å². The van der Waals surface area contributed by atoms with E-state index in [1.807, 2.05) is 13.0 Å². The summed E-state index contributed by atoms with van der Waals surface area (Å²) in [5, 5.41) is 14.0. The molecule has 0 bridgehead atoms. The molecule has 11 heteroatoms. The number of nitrogens with zero attached hydrogens (tertiary/aromatic N) is 4. The van der Waals surface area contributed by atoms with Gasteiger partial charge in [-0.3, -0.25) is 0 Å².